The fourth-order valence-electron chi connectivity index (χ4n) is 7.35. The van der Waals surface area contributed by atoms with Crippen molar-refractivity contribution >= 4 is 22.6 Å². The lowest BCUT2D eigenvalue weighted by Gasteiger charge is -2.36. The molecule has 0 bridgehead atoms. The molecule has 2 heterocycles. The molecule has 3 aromatic rings. The van der Waals surface area contributed by atoms with E-state index in [0.29, 0.717) is 5.92 Å². The first kappa shape index (κ1) is 23.1. The molecular weight excluding hydrogens is 486 g/mol. The van der Waals surface area contributed by atoms with Gasteiger partial charge in [0.25, 0.3) is 0 Å². The van der Waals surface area contributed by atoms with Crippen molar-refractivity contribution in [3.05, 3.63) is 156 Å². The Morgan fingerprint density at radius 3 is 2.00 bits per heavy atom. The molecule has 5 aliphatic rings. The first-order valence-electron chi connectivity index (χ1n) is 14.2. The summed E-state index contributed by atoms with van der Waals surface area (Å²) >= 11 is 0. The van der Waals surface area contributed by atoms with Crippen LogP contribution in [0.4, 0.5) is 17.1 Å². The molecule has 3 nitrogen and oxygen atoms in total. The van der Waals surface area contributed by atoms with E-state index in [4.69, 9.17) is 0 Å². The standard InChI is InChI=1S/C37H29N3/c38-24-26-12-10-18-28(37(26)40-35-21-7-3-16-31(35)32-17-4-8-22-36(32)40)25-11-9-13-27(23-25)39-33-19-5-1-14-29(33)30-15-2-6-20-34(30)39/h1-11,13-23,26,29,31,33,35H,12H2. The third-order valence-corrected chi connectivity index (χ3v) is 9.03. The molecule has 0 amide bonds. The third-order valence-electron chi connectivity index (χ3n) is 9.03. The smallest absolute Gasteiger partial charge is 0.0905 e. The van der Waals surface area contributed by atoms with E-state index in [-0.39, 0.29) is 23.9 Å². The first-order valence-corrected chi connectivity index (χ1v) is 14.2. The summed E-state index contributed by atoms with van der Waals surface area (Å²) in [4.78, 5) is 4.93. The van der Waals surface area contributed by atoms with E-state index < -0.39 is 0 Å². The Bertz CT molecular complexity index is 1740. The second-order valence-corrected chi connectivity index (χ2v) is 11.1. The Kier molecular flexibility index (Phi) is 5.28. The Balaban J connectivity index is 1.29. The van der Waals surface area contributed by atoms with Crippen LogP contribution in [0.2, 0.25) is 0 Å². The van der Waals surface area contributed by atoms with Crippen molar-refractivity contribution in [2.45, 2.75) is 30.3 Å². The van der Waals surface area contributed by atoms with Crippen LogP contribution in [0.3, 0.4) is 0 Å². The molecular formula is C37H29N3. The molecule has 3 aliphatic carbocycles. The van der Waals surface area contributed by atoms with Gasteiger partial charge in [0.15, 0.2) is 0 Å². The second kappa shape index (κ2) is 9.14. The number of para-hydroxylation sites is 2. The number of hydrogen-bond donors (Lipinski definition) is 0. The van der Waals surface area contributed by atoms with Crippen LogP contribution < -0.4 is 9.80 Å². The van der Waals surface area contributed by atoms with Crippen molar-refractivity contribution in [3.8, 4) is 6.07 Å². The quantitative estimate of drug-likeness (QED) is 0.351. The lowest BCUT2D eigenvalue weighted by Crippen LogP contribution is -2.36. The van der Waals surface area contributed by atoms with Crippen LogP contribution in [0.1, 0.15) is 34.9 Å². The molecule has 3 aromatic carbocycles. The SMILES string of the molecule is N#CC1CC=CC(c2cccc(N3c4ccccc4C4C=CC=CC43)c2)=C1N1c2ccccc2C2C=CC=CC21. The molecule has 3 heteroatoms. The maximum Gasteiger partial charge on any atom is 0.0905 e. The maximum absolute atomic E-state index is 10.4. The molecule has 2 aliphatic heterocycles. The van der Waals surface area contributed by atoms with Gasteiger partial charge in [0.2, 0.25) is 0 Å². The van der Waals surface area contributed by atoms with E-state index in [9.17, 15) is 5.26 Å². The molecule has 0 saturated heterocycles. The van der Waals surface area contributed by atoms with E-state index in [2.05, 4.69) is 149 Å². The van der Waals surface area contributed by atoms with E-state index in [1.807, 2.05) is 0 Å². The summed E-state index contributed by atoms with van der Waals surface area (Å²) < 4.78 is 0. The van der Waals surface area contributed by atoms with Gasteiger partial charge in [-0.25, -0.2) is 0 Å². The van der Waals surface area contributed by atoms with Gasteiger partial charge in [0.1, 0.15) is 0 Å². The number of anilines is 3. The average molecular weight is 516 g/mol. The van der Waals surface area contributed by atoms with E-state index >= 15 is 0 Å². The molecule has 0 saturated carbocycles. The minimum atomic E-state index is -0.210. The molecule has 5 unspecified atom stereocenters. The van der Waals surface area contributed by atoms with Crippen molar-refractivity contribution in [1.82, 2.24) is 0 Å². The molecule has 192 valence electrons. The fourth-order valence-corrected chi connectivity index (χ4v) is 7.35. The zero-order valence-corrected chi connectivity index (χ0v) is 22.1. The molecule has 8 rings (SSSR count). The molecule has 0 fully saturated rings. The number of rotatable bonds is 3. The fraction of sp³-hybridized carbons (Fsp3) is 0.162. The Labute approximate surface area is 235 Å². The van der Waals surface area contributed by atoms with Gasteiger partial charge in [-0.05, 0) is 47.4 Å². The summed E-state index contributed by atoms with van der Waals surface area (Å²) in [6, 6.07) is 29.5. The van der Waals surface area contributed by atoms with Gasteiger partial charge in [0.05, 0.1) is 24.1 Å². The lowest BCUT2D eigenvalue weighted by atomic mass is 9.86. The molecule has 0 N–H and O–H groups in total. The van der Waals surface area contributed by atoms with E-state index in [1.165, 1.54) is 28.2 Å². The summed E-state index contributed by atoms with van der Waals surface area (Å²) in [5.74, 6) is 0.426. The van der Waals surface area contributed by atoms with Crippen molar-refractivity contribution in [3.63, 3.8) is 0 Å². The number of nitriles is 1. The number of benzene rings is 3. The molecule has 0 radical (unpaired) electrons. The number of allylic oxidation sites excluding steroid dienone is 8. The van der Waals surface area contributed by atoms with Crippen LogP contribution >= 0.6 is 0 Å². The highest BCUT2D eigenvalue weighted by molar-refractivity contribution is 5.86. The van der Waals surface area contributed by atoms with Gasteiger partial charge in [-0.2, -0.15) is 5.26 Å². The van der Waals surface area contributed by atoms with Gasteiger partial charge >= 0.3 is 0 Å². The second-order valence-electron chi connectivity index (χ2n) is 11.1. The summed E-state index contributed by atoms with van der Waals surface area (Å²) in [6.45, 7) is 0. The topological polar surface area (TPSA) is 30.3 Å². The summed E-state index contributed by atoms with van der Waals surface area (Å²) in [5, 5.41) is 10.4. The average Bonchev–Trinajstić information content (AvgIpc) is 3.54. The minimum Gasteiger partial charge on any atom is -0.335 e. The van der Waals surface area contributed by atoms with Crippen LogP contribution in [-0.4, -0.2) is 12.1 Å². The largest absolute Gasteiger partial charge is 0.335 e. The van der Waals surface area contributed by atoms with E-state index in [0.717, 1.165) is 23.3 Å². The van der Waals surface area contributed by atoms with Gasteiger partial charge < -0.3 is 9.80 Å². The van der Waals surface area contributed by atoms with E-state index in [1.54, 1.807) is 0 Å². The predicted molar refractivity (Wildman–Crippen MR) is 163 cm³/mol. The van der Waals surface area contributed by atoms with Crippen LogP contribution in [0, 0.1) is 17.2 Å². The van der Waals surface area contributed by atoms with Crippen molar-refractivity contribution in [1.29, 1.82) is 5.26 Å². The van der Waals surface area contributed by atoms with Crippen LogP contribution in [0.5, 0.6) is 0 Å². The molecule has 0 spiro atoms. The number of nitrogens with zero attached hydrogens (tertiary/aromatic N) is 3. The molecule has 40 heavy (non-hydrogen) atoms. The highest BCUT2D eigenvalue weighted by Crippen LogP contribution is 2.51. The summed E-state index contributed by atoms with van der Waals surface area (Å²) in [7, 11) is 0. The zero-order valence-electron chi connectivity index (χ0n) is 22.1. The van der Waals surface area contributed by atoms with Crippen LogP contribution in [0.25, 0.3) is 5.57 Å². The summed E-state index contributed by atoms with van der Waals surface area (Å²) in [6.07, 6.45) is 23.0. The lowest BCUT2D eigenvalue weighted by molar-refractivity contribution is 0.661. The minimum absolute atomic E-state index is 0.170. The Hall–Kier alpha value is -4.81. The Morgan fingerprint density at radius 2 is 1.30 bits per heavy atom. The summed E-state index contributed by atoms with van der Waals surface area (Å²) in [5.41, 5.74) is 9.76. The van der Waals surface area contributed by atoms with Gasteiger partial charge in [-0.1, -0.05) is 109 Å². The Morgan fingerprint density at radius 1 is 0.675 bits per heavy atom. The molecule has 5 atom stereocenters. The molecule has 0 aromatic heterocycles. The van der Waals surface area contributed by atoms with Crippen molar-refractivity contribution < 1.29 is 0 Å². The van der Waals surface area contributed by atoms with Gasteiger partial charge in [-0.3, -0.25) is 0 Å². The zero-order chi connectivity index (χ0) is 26.6. The highest BCUT2D eigenvalue weighted by Gasteiger charge is 2.41. The predicted octanol–water partition coefficient (Wildman–Crippen LogP) is 8.33. The number of hydrogen-bond acceptors (Lipinski definition) is 3. The van der Waals surface area contributed by atoms with Crippen molar-refractivity contribution in [2.75, 3.05) is 9.80 Å². The highest BCUT2D eigenvalue weighted by atomic mass is 15.2. The maximum atomic E-state index is 10.4. The van der Waals surface area contributed by atoms with Crippen LogP contribution in [0.15, 0.2) is 139 Å². The first-order chi connectivity index (χ1) is 19.8. The van der Waals surface area contributed by atoms with Crippen molar-refractivity contribution in [2.24, 2.45) is 5.92 Å². The van der Waals surface area contributed by atoms with Gasteiger partial charge in [-0.15, -0.1) is 0 Å². The third kappa shape index (κ3) is 3.36. The number of fused-ring (bicyclic) bond motifs is 6. The van der Waals surface area contributed by atoms with Crippen LogP contribution in [-0.2, 0) is 0 Å². The normalized spacial score (nSPS) is 26.9. The monoisotopic (exact) mass is 515 g/mol. The van der Waals surface area contributed by atoms with Gasteiger partial charge in [0, 0.05) is 40.2 Å².